The smallest absolute Gasteiger partial charge is 0.295 e. The molecule has 0 aliphatic carbocycles. The van der Waals surface area contributed by atoms with Gasteiger partial charge < -0.3 is 9.73 Å². The molecule has 0 aliphatic heterocycles. The third kappa shape index (κ3) is 4.02. The quantitative estimate of drug-likeness (QED) is 0.765. The van der Waals surface area contributed by atoms with Crippen molar-refractivity contribution in [2.75, 3.05) is 11.3 Å². The van der Waals surface area contributed by atoms with E-state index < -0.39 is 15.8 Å². The maximum absolute atomic E-state index is 13.4. The number of pyridine rings is 1. The first kappa shape index (κ1) is 15.5. The minimum atomic E-state index is -3.96. The van der Waals surface area contributed by atoms with E-state index in [9.17, 15) is 12.8 Å². The van der Waals surface area contributed by atoms with Crippen LogP contribution in [0.3, 0.4) is 0 Å². The number of sulfonamides is 1. The van der Waals surface area contributed by atoms with Crippen LogP contribution < -0.4 is 10.0 Å². The molecule has 0 saturated carbocycles. The zero-order chi connectivity index (χ0) is 15.3. The van der Waals surface area contributed by atoms with Crippen LogP contribution in [0.5, 0.6) is 0 Å². The van der Waals surface area contributed by atoms with Crippen molar-refractivity contribution in [3.05, 3.63) is 42.2 Å². The molecule has 2 rings (SSSR count). The van der Waals surface area contributed by atoms with Crippen molar-refractivity contribution in [2.24, 2.45) is 0 Å². The second kappa shape index (κ2) is 6.68. The number of nitrogens with one attached hydrogen (secondary N) is 2. The number of aromatic nitrogens is 1. The number of hydrogen-bond acceptors (Lipinski definition) is 5. The SMILES string of the molecule is CCCNCc1ccc(S(=O)(=O)Nc2ccncc2F)o1. The van der Waals surface area contributed by atoms with E-state index in [0.29, 0.717) is 12.3 Å². The molecule has 0 saturated heterocycles. The molecular weight excluding hydrogens is 297 g/mol. The fourth-order valence-corrected chi connectivity index (χ4v) is 2.66. The van der Waals surface area contributed by atoms with Gasteiger partial charge in [-0.15, -0.1) is 0 Å². The molecule has 0 unspecified atom stereocenters. The molecule has 6 nitrogen and oxygen atoms in total. The average molecular weight is 313 g/mol. The van der Waals surface area contributed by atoms with E-state index in [1.807, 2.05) is 6.92 Å². The van der Waals surface area contributed by atoms with Crippen LogP contribution in [0, 0.1) is 5.82 Å². The summed E-state index contributed by atoms with van der Waals surface area (Å²) in [6.45, 7) is 3.27. The molecule has 0 spiro atoms. The van der Waals surface area contributed by atoms with Gasteiger partial charge in [0.2, 0.25) is 5.09 Å². The lowest BCUT2D eigenvalue weighted by Gasteiger charge is -2.06. The van der Waals surface area contributed by atoms with Crippen LogP contribution >= 0.6 is 0 Å². The van der Waals surface area contributed by atoms with Crippen LogP contribution in [0.4, 0.5) is 10.1 Å². The molecule has 0 amide bonds. The Bertz CT molecular complexity index is 700. The molecule has 21 heavy (non-hydrogen) atoms. The number of rotatable bonds is 7. The highest BCUT2D eigenvalue weighted by molar-refractivity contribution is 7.92. The van der Waals surface area contributed by atoms with Crippen LogP contribution in [-0.2, 0) is 16.6 Å². The molecule has 8 heteroatoms. The molecule has 0 aromatic carbocycles. The van der Waals surface area contributed by atoms with Crippen LogP contribution in [0.2, 0.25) is 0 Å². The molecule has 0 aliphatic rings. The van der Waals surface area contributed by atoms with E-state index in [0.717, 1.165) is 19.2 Å². The number of nitrogens with zero attached hydrogens (tertiary/aromatic N) is 1. The Balaban J connectivity index is 2.11. The van der Waals surface area contributed by atoms with E-state index >= 15 is 0 Å². The zero-order valence-corrected chi connectivity index (χ0v) is 12.3. The Morgan fingerprint density at radius 2 is 2.14 bits per heavy atom. The van der Waals surface area contributed by atoms with Crippen LogP contribution in [0.25, 0.3) is 0 Å². The van der Waals surface area contributed by atoms with Gasteiger partial charge >= 0.3 is 0 Å². The molecule has 114 valence electrons. The predicted molar refractivity (Wildman–Crippen MR) is 75.7 cm³/mol. The fourth-order valence-electron chi connectivity index (χ4n) is 1.64. The number of halogens is 1. The molecule has 2 aromatic heterocycles. The van der Waals surface area contributed by atoms with Crippen molar-refractivity contribution < 1.29 is 17.2 Å². The molecule has 0 radical (unpaired) electrons. The van der Waals surface area contributed by atoms with Gasteiger partial charge in [0.25, 0.3) is 10.0 Å². The molecule has 0 fully saturated rings. The van der Waals surface area contributed by atoms with Gasteiger partial charge in [-0.2, -0.15) is 8.42 Å². The number of hydrogen-bond donors (Lipinski definition) is 2. The van der Waals surface area contributed by atoms with Crippen molar-refractivity contribution in [1.82, 2.24) is 10.3 Å². The van der Waals surface area contributed by atoms with E-state index in [4.69, 9.17) is 4.42 Å². The zero-order valence-electron chi connectivity index (χ0n) is 11.5. The first-order valence-corrected chi connectivity index (χ1v) is 7.93. The summed E-state index contributed by atoms with van der Waals surface area (Å²) in [5, 5.41) is 2.84. The van der Waals surface area contributed by atoms with Gasteiger partial charge in [-0.1, -0.05) is 6.92 Å². The predicted octanol–water partition coefficient (Wildman–Crippen LogP) is 2.11. The Morgan fingerprint density at radius 1 is 1.33 bits per heavy atom. The summed E-state index contributed by atoms with van der Waals surface area (Å²) in [4.78, 5) is 3.55. The van der Waals surface area contributed by atoms with E-state index in [1.165, 1.54) is 18.3 Å². The van der Waals surface area contributed by atoms with Crippen molar-refractivity contribution in [3.63, 3.8) is 0 Å². The number of furan rings is 1. The second-order valence-corrected chi connectivity index (χ2v) is 5.97. The van der Waals surface area contributed by atoms with Crippen LogP contribution in [-0.4, -0.2) is 19.9 Å². The van der Waals surface area contributed by atoms with E-state index in [2.05, 4.69) is 15.0 Å². The molecule has 2 aromatic rings. The Hall–Kier alpha value is -1.93. The molecule has 0 bridgehead atoms. The Labute approximate surface area is 122 Å². The van der Waals surface area contributed by atoms with Crippen molar-refractivity contribution in [1.29, 1.82) is 0 Å². The van der Waals surface area contributed by atoms with Crippen LogP contribution in [0.15, 0.2) is 40.1 Å². The highest BCUT2D eigenvalue weighted by Crippen LogP contribution is 2.19. The number of anilines is 1. The largest absolute Gasteiger partial charge is 0.446 e. The summed E-state index contributed by atoms with van der Waals surface area (Å²) in [6.07, 6.45) is 3.19. The van der Waals surface area contributed by atoms with Crippen molar-refractivity contribution in [2.45, 2.75) is 25.0 Å². The Morgan fingerprint density at radius 3 is 2.86 bits per heavy atom. The summed E-state index contributed by atoms with van der Waals surface area (Å²) in [6, 6.07) is 4.14. The summed E-state index contributed by atoms with van der Waals surface area (Å²) < 4.78 is 45.0. The van der Waals surface area contributed by atoms with Crippen molar-refractivity contribution in [3.8, 4) is 0 Å². The van der Waals surface area contributed by atoms with Crippen LogP contribution in [0.1, 0.15) is 19.1 Å². The van der Waals surface area contributed by atoms with Gasteiger partial charge in [-0.3, -0.25) is 9.71 Å². The fraction of sp³-hybridized carbons (Fsp3) is 0.308. The standard InChI is InChI=1S/C13H16FN3O3S/c1-2-6-15-8-10-3-4-13(20-10)21(18,19)17-12-5-7-16-9-11(12)14/h3-5,7,9,15H,2,6,8H2,1H3,(H,16,17). The maximum Gasteiger partial charge on any atom is 0.295 e. The van der Waals surface area contributed by atoms with E-state index in [-0.39, 0.29) is 10.8 Å². The second-order valence-electron chi connectivity index (χ2n) is 4.36. The van der Waals surface area contributed by atoms with Gasteiger partial charge in [0.15, 0.2) is 5.82 Å². The molecule has 0 atom stereocenters. The van der Waals surface area contributed by atoms with Gasteiger partial charge in [-0.05, 0) is 31.2 Å². The molecular formula is C13H16FN3O3S. The minimum Gasteiger partial charge on any atom is -0.446 e. The van der Waals surface area contributed by atoms with Crippen molar-refractivity contribution >= 4 is 15.7 Å². The third-order valence-electron chi connectivity index (χ3n) is 2.64. The van der Waals surface area contributed by atoms with Gasteiger partial charge in [0.1, 0.15) is 5.76 Å². The summed E-state index contributed by atoms with van der Waals surface area (Å²) in [7, 11) is -3.96. The monoisotopic (exact) mass is 313 g/mol. The average Bonchev–Trinajstić information content (AvgIpc) is 2.91. The van der Waals surface area contributed by atoms with Gasteiger partial charge in [-0.25, -0.2) is 4.39 Å². The topological polar surface area (TPSA) is 84.2 Å². The first-order valence-electron chi connectivity index (χ1n) is 6.44. The minimum absolute atomic E-state index is 0.174. The Kier molecular flexibility index (Phi) is 4.92. The van der Waals surface area contributed by atoms with Gasteiger partial charge in [0.05, 0.1) is 18.4 Å². The maximum atomic E-state index is 13.4. The first-order chi connectivity index (χ1) is 10.0. The van der Waals surface area contributed by atoms with E-state index in [1.54, 1.807) is 6.07 Å². The summed E-state index contributed by atoms with van der Waals surface area (Å²) in [5.74, 6) is -0.253. The lowest BCUT2D eigenvalue weighted by atomic mass is 10.4. The van der Waals surface area contributed by atoms with Gasteiger partial charge in [0, 0.05) is 6.20 Å². The lowest BCUT2D eigenvalue weighted by Crippen LogP contribution is -2.14. The normalized spacial score (nSPS) is 11.5. The summed E-state index contributed by atoms with van der Waals surface area (Å²) in [5.41, 5.74) is -0.174. The third-order valence-corrected chi connectivity index (χ3v) is 3.88. The highest BCUT2D eigenvalue weighted by Gasteiger charge is 2.20. The lowest BCUT2D eigenvalue weighted by molar-refractivity contribution is 0.403. The summed E-state index contributed by atoms with van der Waals surface area (Å²) >= 11 is 0. The molecule has 2 N–H and O–H groups in total. The highest BCUT2D eigenvalue weighted by atomic mass is 32.2. The molecule has 2 heterocycles.